The summed E-state index contributed by atoms with van der Waals surface area (Å²) in [5.74, 6) is -0.229. The minimum Gasteiger partial charge on any atom is -0.460 e. The Morgan fingerprint density at radius 3 is 1.95 bits per heavy atom. The highest BCUT2D eigenvalue weighted by Crippen LogP contribution is 2.28. The van der Waals surface area contributed by atoms with Crippen LogP contribution in [0, 0.1) is 5.41 Å². The standard InChI is InChI=1S/C47H58N4O6/c1-47(2,3)57-44(52)27-26-40-28-31-50(33-41(38-21-12-6-13-22-38)39-23-14-7-15-24-39)45(53)42(49-40)25-16-30-51(46(54)56-35-37-19-10-5-11-20-37)43(48)29-32-55-34-36-17-8-4-9-18-36/h4-15,17-24,40-42,48-49H,16,25-35H2,1-3H3. The number of amidine groups is 1. The Morgan fingerprint density at radius 1 is 0.807 bits per heavy atom. The van der Waals surface area contributed by atoms with Crippen LogP contribution in [-0.4, -0.2) is 77.5 Å². The molecule has 2 atom stereocenters. The van der Waals surface area contributed by atoms with Gasteiger partial charge in [-0.3, -0.25) is 19.9 Å². The van der Waals surface area contributed by atoms with E-state index in [0.29, 0.717) is 45.4 Å². The van der Waals surface area contributed by atoms with Gasteiger partial charge >= 0.3 is 12.1 Å². The lowest BCUT2D eigenvalue weighted by Crippen LogP contribution is -2.47. The van der Waals surface area contributed by atoms with Gasteiger partial charge in [-0.2, -0.15) is 0 Å². The first-order chi connectivity index (χ1) is 27.6. The molecule has 2 unspecified atom stereocenters. The normalized spacial score (nSPS) is 15.9. The quantitative estimate of drug-likeness (QED) is 0.0450. The van der Waals surface area contributed by atoms with Crippen molar-refractivity contribution >= 4 is 23.8 Å². The third kappa shape index (κ3) is 14.3. The zero-order valence-electron chi connectivity index (χ0n) is 33.6. The van der Waals surface area contributed by atoms with E-state index >= 15 is 0 Å². The van der Waals surface area contributed by atoms with Gasteiger partial charge in [-0.05, 0) is 68.7 Å². The molecule has 10 nitrogen and oxygen atoms in total. The van der Waals surface area contributed by atoms with Gasteiger partial charge in [0.05, 0.1) is 19.3 Å². The minimum atomic E-state index is -0.613. The number of hydrogen-bond acceptors (Lipinski definition) is 8. The van der Waals surface area contributed by atoms with Crippen LogP contribution in [0.5, 0.6) is 0 Å². The average molecular weight is 775 g/mol. The van der Waals surface area contributed by atoms with E-state index in [1.54, 1.807) is 0 Å². The second-order valence-corrected chi connectivity index (χ2v) is 15.6. The number of nitrogens with one attached hydrogen (secondary N) is 2. The molecule has 0 aromatic heterocycles. The van der Waals surface area contributed by atoms with Crippen LogP contribution in [0.3, 0.4) is 0 Å². The predicted octanol–water partition coefficient (Wildman–Crippen LogP) is 8.50. The van der Waals surface area contributed by atoms with Gasteiger partial charge in [0.25, 0.3) is 0 Å². The molecule has 57 heavy (non-hydrogen) atoms. The van der Waals surface area contributed by atoms with Crippen LogP contribution in [0.1, 0.15) is 87.5 Å². The second-order valence-electron chi connectivity index (χ2n) is 15.6. The Bertz CT molecular complexity index is 1800. The molecule has 4 aromatic rings. The van der Waals surface area contributed by atoms with Crippen molar-refractivity contribution < 1.29 is 28.6 Å². The van der Waals surface area contributed by atoms with Gasteiger partial charge in [-0.1, -0.05) is 121 Å². The Labute approximate surface area is 338 Å². The van der Waals surface area contributed by atoms with Crippen molar-refractivity contribution in [3.63, 3.8) is 0 Å². The molecule has 2 amide bonds. The van der Waals surface area contributed by atoms with Crippen molar-refractivity contribution in [1.29, 1.82) is 5.41 Å². The molecule has 1 heterocycles. The van der Waals surface area contributed by atoms with Crippen LogP contribution in [0.25, 0.3) is 0 Å². The van der Waals surface area contributed by atoms with E-state index in [1.165, 1.54) is 4.90 Å². The number of nitrogens with zero attached hydrogens (tertiary/aromatic N) is 2. The van der Waals surface area contributed by atoms with Gasteiger partial charge in [0.2, 0.25) is 5.91 Å². The molecule has 0 bridgehead atoms. The Morgan fingerprint density at radius 2 is 1.37 bits per heavy atom. The first-order valence-electron chi connectivity index (χ1n) is 20.1. The number of esters is 1. The summed E-state index contributed by atoms with van der Waals surface area (Å²) in [6, 6.07) is 39.1. The van der Waals surface area contributed by atoms with Crippen LogP contribution in [0.2, 0.25) is 0 Å². The highest BCUT2D eigenvalue weighted by molar-refractivity contribution is 5.93. The molecule has 4 aromatic carbocycles. The third-order valence-electron chi connectivity index (χ3n) is 9.94. The summed E-state index contributed by atoms with van der Waals surface area (Å²) >= 11 is 0. The molecular weight excluding hydrogens is 717 g/mol. The average Bonchev–Trinajstić information content (AvgIpc) is 3.36. The number of benzene rings is 4. The number of carbonyl (C=O) groups excluding carboxylic acids is 3. The summed E-state index contributed by atoms with van der Waals surface area (Å²) in [6.07, 6.45) is 1.89. The molecule has 1 saturated heterocycles. The summed E-state index contributed by atoms with van der Waals surface area (Å²) in [6.45, 7) is 7.53. The van der Waals surface area contributed by atoms with Crippen LogP contribution < -0.4 is 5.32 Å². The largest absolute Gasteiger partial charge is 0.460 e. The highest BCUT2D eigenvalue weighted by atomic mass is 16.6. The van der Waals surface area contributed by atoms with Crippen molar-refractivity contribution in [2.24, 2.45) is 0 Å². The molecule has 0 saturated carbocycles. The summed E-state index contributed by atoms with van der Waals surface area (Å²) in [5.41, 5.74) is 3.55. The summed E-state index contributed by atoms with van der Waals surface area (Å²) in [7, 11) is 0. The highest BCUT2D eigenvalue weighted by Gasteiger charge is 2.33. The van der Waals surface area contributed by atoms with Crippen molar-refractivity contribution in [2.75, 3.05) is 26.2 Å². The second kappa shape index (κ2) is 21.8. The van der Waals surface area contributed by atoms with E-state index in [-0.39, 0.29) is 62.3 Å². The van der Waals surface area contributed by atoms with Crippen molar-refractivity contribution in [1.82, 2.24) is 15.1 Å². The first kappa shape index (κ1) is 42.8. The van der Waals surface area contributed by atoms with E-state index in [2.05, 4.69) is 29.6 Å². The zero-order valence-corrected chi connectivity index (χ0v) is 33.6. The van der Waals surface area contributed by atoms with Crippen LogP contribution in [-0.2, 0) is 37.0 Å². The lowest BCUT2D eigenvalue weighted by molar-refractivity contribution is -0.155. The maximum absolute atomic E-state index is 14.5. The SMILES string of the molecule is CC(C)(C)OC(=O)CCC1CCN(CC(c2ccccc2)c2ccccc2)C(=O)C(CCCN(C(=N)CCOCc2ccccc2)C(=O)OCc2ccccc2)N1. The number of amides is 2. The topological polar surface area (TPSA) is 121 Å². The van der Waals surface area contributed by atoms with Crippen LogP contribution in [0.4, 0.5) is 4.79 Å². The first-order valence-corrected chi connectivity index (χ1v) is 20.1. The number of hydrogen-bond donors (Lipinski definition) is 2. The maximum Gasteiger partial charge on any atom is 0.415 e. The lowest BCUT2D eigenvalue weighted by Gasteiger charge is -2.30. The fourth-order valence-corrected chi connectivity index (χ4v) is 7.03. The fourth-order valence-electron chi connectivity index (χ4n) is 7.03. The molecule has 0 aliphatic carbocycles. The Hall–Kier alpha value is -5.32. The predicted molar refractivity (Wildman–Crippen MR) is 223 cm³/mol. The van der Waals surface area contributed by atoms with Gasteiger partial charge < -0.3 is 24.4 Å². The molecule has 0 spiro atoms. The molecule has 0 radical (unpaired) electrons. The van der Waals surface area contributed by atoms with Gasteiger partial charge in [0.1, 0.15) is 18.0 Å². The third-order valence-corrected chi connectivity index (χ3v) is 9.94. The summed E-state index contributed by atoms with van der Waals surface area (Å²) < 4.78 is 17.1. The summed E-state index contributed by atoms with van der Waals surface area (Å²) in [4.78, 5) is 44.1. The molecular formula is C47H58N4O6. The van der Waals surface area contributed by atoms with Crippen molar-refractivity contribution in [3.05, 3.63) is 144 Å². The fraction of sp³-hybridized carbons (Fsp3) is 0.404. The number of rotatable bonds is 18. The van der Waals surface area contributed by atoms with E-state index < -0.39 is 17.7 Å². The van der Waals surface area contributed by atoms with Gasteiger partial charge in [-0.15, -0.1) is 0 Å². The monoisotopic (exact) mass is 774 g/mol. The van der Waals surface area contributed by atoms with E-state index in [9.17, 15) is 14.4 Å². The van der Waals surface area contributed by atoms with E-state index in [4.69, 9.17) is 19.6 Å². The van der Waals surface area contributed by atoms with Crippen molar-refractivity contribution in [2.45, 2.75) is 96.1 Å². The Kier molecular flexibility index (Phi) is 16.4. The lowest BCUT2D eigenvalue weighted by atomic mass is 9.90. The van der Waals surface area contributed by atoms with Gasteiger partial charge in [0.15, 0.2) is 0 Å². The molecule has 302 valence electrons. The molecule has 1 fully saturated rings. The van der Waals surface area contributed by atoms with E-state index in [1.807, 2.05) is 123 Å². The molecule has 2 N–H and O–H groups in total. The maximum atomic E-state index is 14.5. The number of ether oxygens (including phenoxy) is 3. The minimum absolute atomic E-state index is 0.0192. The number of carbonyl (C=O) groups is 3. The smallest absolute Gasteiger partial charge is 0.415 e. The Balaban J connectivity index is 1.29. The molecule has 1 aliphatic heterocycles. The van der Waals surface area contributed by atoms with E-state index in [0.717, 1.165) is 22.3 Å². The van der Waals surface area contributed by atoms with Crippen LogP contribution in [0.15, 0.2) is 121 Å². The molecule has 10 heteroatoms. The zero-order chi connectivity index (χ0) is 40.5. The van der Waals surface area contributed by atoms with Crippen molar-refractivity contribution in [3.8, 4) is 0 Å². The van der Waals surface area contributed by atoms with Gasteiger partial charge in [-0.25, -0.2) is 4.79 Å². The van der Waals surface area contributed by atoms with Crippen LogP contribution >= 0.6 is 0 Å². The van der Waals surface area contributed by atoms with Gasteiger partial charge in [0, 0.05) is 44.4 Å². The summed E-state index contributed by atoms with van der Waals surface area (Å²) in [5, 5.41) is 12.5. The molecule has 1 aliphatic rings. The molecule has 5 rings (SSSR count).